The molecule has 0 aromatic heterocycles. The molecule has 3 heteroatoms. The summed E-state index contributed by atoms with van der Waals surface area (Å²) in [5.74, 6) is 0.944. The predicted octanol–water partition coefficient (Wildman–Crippen LogP) is 2.78. The molecular formula is C19H23N2O. The van der Waals surface area contributed by atoms with Crippen LogP contribution >= 0.6 is 0 Å². The lowest BCUT2D eigenvalue weighted by Gasteiger charge is -2.32. The molecule has 3 nitrogen and oxygen atoms in total. The molecule has 1 heterocycles. The Kier molecular flexibility index (Phi) is 5.09. The average Bonchev–Trinajstić information content (AvgIpc) is 2.58. The Hall–Kier alpha value is -1.84. The summed E-state index contributed by atoms with van der Waals surface area (Å²) in [6, 6.07) is 19.4. The molecule has 0 spiro atoms. The van der Waals surface area contributed by atoms with Gasteiger partial charge in [-0.3, -0.25) is 4.90 Å². The highest BCUT2D eigenvalue weighted by Crippen LogP contribution is 2.23. The smallest absolute Gasteiger partial charge is 0.119 e. The standard InChI is InChI=1S/C19H23N2O/c1-20-10-12-21(13-11-20)14-15-22-19-9-5-8-18(16-19)17-6-3-2-4-7-17/h3-9,16H,10-15H2,1H3. The average molecular weight is 295 g/mol. The first-order valence-corrected chi connectivity index (χ1v) is 7.91. The van der Waals surface area contributed by atoms with Crippen LogP contribution < -0.4 is 4.74 Å². The van der Waals surface area contributed by atoms with Gasteiger partial charge in [-0.1, -0.05) is 36.4 Å². The first-order chi connectivity index (χ1) is 10.8. The van der Waals surface area contributed by atoms with E-state index in [0.717, 1.165) is 45.1 Å². The third kappa shape index (κ3) is 4.09. The van der Waals surface area contributed by atoms with E-state index in [-0.39, 0.29) is 0 Å². The van der Waals surface area contributed by atoms with Gasteiger partial charge in [-0.15, -0.1) is 0 Å². The highest BCUT2D eigenvalue weighted by molar-refractivity contribution is 5.64. The zero-order chi connectivity index (χ0) is 15.2. The van der Waals surface area contributed by atoms with Crippen LogP contribution in [0.4, 0.5) is 0 Å². The number of benzene rings is 2. The van der Waals surface area contributed by atoms with Crippen molar-refractivity contribution in [2.24, 2.45) is 0 Å². The van der Waals surface area contributed by atoms with Gasteiger partial charge in [0.2, 0.25) is 0 Å². The molecule has 0 saturated carbocycles. The van der Waals surface area contributed by atoms with Crippen LogP contribution in [0.5, 0.6) is 5.75 Å². The summed E-state index contributed by atoms with van der Waals surface area (Å²) < 4.78 is 5.93. The molecule has 2 aromatic rings. The SMILES string of the molecule is CN1CCN(CCOc2cccc(-c3cc[c]cc3)c2)CC1. The van der Waals surface area contributed by atoms with Crippen LogP contribution in [0.15, 0.2) is 48.5 Å². The summed E-state index contributed by atoms with van der Waals surface area (Å²) in [5, 5.41) is 0. The van der Waals surface area contributed by atoms with Crippen molar-refractivity contribution < 1.29 is 4.74 Å². The van der Waals surface area contributed by atoms with Gasteiger partial charge < -0.3 is 9.64 Å². The second-order valence-electron chi connectivity index (χ2n) is 5.81. The highest BCUT2D eigenvalue weighted by atomic mass is 16.5. The highest BCUT2D eigenvalue weighted by Gasteiger charge is 2.13. The number of hydrogen-bond acceptors (Lipinski definition) is 3. The van der Waals surface area contributed by atoms with E-state index in [9.17, 15) is 0 Å². The number of piperazine rings is 1. The van der Waals surface area contributed by atoms with Gasteiger partial charge in [0.15, 0.2) is 0 Å². The van der Waals surface area contributed by atoms with Crippen LogP contribution in [0, 0.1) is 6.07 Å². The minimum Gasteiger partial charge on any atom is -0.492 e. The molecule has 1 aliphatic heterocycles. The molecule has 3 rings (SSSR count). The Labute approximate surface area is 133 Å². The van der Waals surface area contributed by atoms with Crippen molar-refractivity contribution in [1.29, 1.82) is 0 Å². The first-order valence-electron chi connectivity index (χ1n) is 7.91. The molecule has 115 valence electrons. The van der Waals surface area contributed by atoms with E-state index in [1.54, 1.807) is 0 Å². The van der Waals surface area contributed by atoms with Crippen LogP contribution in [0.1, 0.15) is 0 Å². The van der Waals surface area contributed by atoms with E-state index in [0.29, 0.717) is 0 Å². The number of likely N-dealkylation sites (N-methyl/N-ethyl adjacent to an activating group) is 1. The minimum absolute atomic E-state index is 0.746. The van der Waals surface area contributed by atoms with Crippen molar-refractivity contribution in [1.82, 2.24) is 9.80 Å². The second kappa shape index (κ2) is 7.43. The third-order valence-corrected chi connectivity index (χ3v) is 4.16. The number of hydrogen-bond donors (Lipinski definition) is 0. The first kappa shape index (κ1) is 15.1. The molecule has 1 radical (unpaired) electrons. The summed E-state index contributed by atoms with van der Waals surface area (Å²) in [6.45, 7) is 6.33. The predicted molar refractivity (Wildman–Crippen MR) is 90.1 cm³/mol. The quantitative estimate of drug-likeness (QED) is 0.843. The normalized spacial score (nSPS) is 16.6. The van der Waals surface area contributed by atoms with E-state index in [2.05, 4.69) is 53.2 Å². The van der Waals surface area contributed by atoms with Crippen LogP contribution in [-0.4, -0.2) is 56.2 Å². The van der Waals surface area contributed by atoms with Crippen LogP contribution in [0.25, 0.3) is 11.1 Å². The molecule has 0 bridgehead atoms. The largest absolute Gasteiger partial charge is 0.492 e. The zero-order valence-electron chi connectivity index (χ0n) is 13.2. The Bertz CT molecular complexity index is 577. The lowest BCUT2D eigenvalue weighted by atomic mass is 10.1. The molecule has 0 N–H and O–H groups in total. The van der Waals surface area contributed by atoms with Crippen molar-refractivity contribution in [2.45, 2.75) is 0 Å². The van der Waals surface area contributed by atoms with Gasteiger partial charge in [-0.25, -0.2) is 0 Å². The summed E-state index contributed by atoms with van der Waals surface area (Å²) in [7, 11) is 2.18. The van der Waals surface area contributed by atoms with Crippen LogP contribution in [0.3, 0.4) is 0 Å². The number of ether oxygens (including phenoxy) is 1. The Morgan fingerprint density at radius 3 is 2.55 bits per heavy atom. The second-order valence-corrected chi connectivity index (χ2v) is 5.81. The van der Waals surface area contributed by atoms with Crippen molar-refractivity contribution in [3.8, 4) is 16.9 Å². The Morgan fingerprint density at radius 2 is 1.77 bits per heavy atom. The summed E-state index contributed by atoms with van der Waals surface area (Å²) in [5.41, 5.74) is 2.38. The molecule has 2 aromatic carbocycles. The third-order valence-electron chi connectivity index (χ3n) is 4.16. The van der Waals surface area contributed by atoms with Gasteiger partial charge in [-0.2, -0.15) is 0 Å². The topological polar surface area (TPSA) is 15.7 Å². The number of nitrogens with zero attached hydrogens (tertiary/aromatic N) is 2. The maximum absolute atomic E-state index is 5.93. The fourth-order valence-electron chi connectivity index (χ4n) is 2.71. The van der Waals surface area contributed by atoms with Gasteiger partial charge in [0.05, 0.1) is 0 Å². The fraction of sp³-hybridized carbons (Fsp3) is 0.368. The fourth-order valence-corrected chi connectivity index (χ4v) is 2.71. The molecule has 1 aliphatic rings. The maximum atomic E-state index is 5.93. The van der Waals surface area contributed by atoms with E-state index < -0.39 is 0 Å². The van der Waals surface area contributed by atoms with Crippen molar-refractivity contribution in [2.75, 3.05) is 46.4 Å². The molecular weight excluding hydrogens is 272 g/mol. The Balaban J connectivity index is 1.53. The molecule has 0 aliphatic carbocycles. The summed E-state index contributed by atoms with van der Waals surface area (Å²) in [6.07, 6.45) is 0. The van der Waals surface area contributed by atoms with E-state index in [1.165, 1.54) is 11.1 Å². The van der Waals surface area contributed by atoms with E-state index in [4.69, 9.17) is 4.74 Å². The van der Waals surface area contributed by atoms with Crippen molar-refractivity contribution in [3.05, 3.63) is 54.6 Å². The molecule has 1 saturated heterocycles. The van der Waals surface area contributed by atoms with E-state index in [1.807, 2.05) is 18.2 Å². The maximum Gasteiger partial charge on any atom is 0.119 e. The van der Waals surface area contributed by atoms with Gasteiger partial charge >= 0.3 is 0 Å². The minimum atomic E-state index is 0.746. The zero-order valence-corrected chi connectivity index (χ0v) is 13.2. The summed E-state index contributed by atoms with van der Waals surface area (Å²) in [4.78, 5) is 4.84. The van der Waals surface area contributed by atoms with Crippen molar-refractivity contribution in [3.63, 3.8) is 0 Å². The lowest BCUT2D eigenvalue weighted by molar-refractivity contribution is 0.134. The monoisotopic (exact) mass is 295 g/mol. The molecule has 0 amide bonds. The summed E-state index contributed by atoms with van der Waals surface area (Å²) >= 11 is 0. The Morgan fingerprint density at radius 1 is 1.00 bits per heavy atom. The van der Waals surface area contributed by atoms with Crippen LogP contribution in [0.2, 0.25) is 0 Å². The van der Waals surface area contributed by atoms with Gasteiger partial charge in [0, 0.05) is 32.7 Å². The van der Waals surface area contributed by atoms with Gasteiger partial charge in [-0.05, 0) is 36.4 Å². The molecule has 0 atom stereocenters. The number of rotatable bonds is 5. The lowest BCUT2D eigenvalue weighted by Crippen LogP contribution is -2.45. The van der Waals surface area contributed by atoms with Crippen molar-refractivity contribution >= 4 is 0 Å². The van der Waals surface area contributed by atoms with Gasteiger partial charge in [0.25, 0.3) is 0 Å². The van der Waals surface area contributed by atoms with Crippen LogP contribution in [-0.2, 0) is 0 Å². The molecule has 1 fully saturated rings. The van der Waals surface area contributed by atoms with Gasteiger partial charge in [0.1, 0.15) is 12.4 Å². The molecule has 0 unspecified atom stereocenters. The van der Waals surface area contributed by atoms with E-state index >= 15 is 0 Å². The molecule has 22 heavy (non-hydrogen) atoms.